The Morgan fingerprint density at radius 1 is 1.44 bits per heavy atom. The maximum absolute atomic E-state index is 13.7. The smallest absolute Gasteiger partial charge is 0.212 e. The molecular formula is C12H15ClFNO2S. The quantitative estimate of drug-likeness (QED) is 0.836. The molecule has 0 unspecified atom stereocenters. The molecule has 0 aromatic heterocycles. The molecule has 0 N–H and O–H groups in total. The van der Waals surface area contributed by atoms with Gasteiger partial charge in [-0.1, -0.05) is 17.7 Å². The van der Waals surface area contributed by atoms with Gasteiger partial charge in [0.05, 0.1) is 5.75 Å². The summed E-state index contributed by atoms with van der Waals surface area (Å²) < 4.78 is 39.0. The molecule has 0 atom stereocenters. The molecular weight excluding hydrogens is 277 g/mol. The molecule has 6 heteroatoms. The van der Waals surface area contributed by atoms with Gasteiger partial charge in [0.2, 0.25) is 10.0 Å². The molecule has 1 aromatic carbocycles. The van der Waals surface area contributed by atoms with Crippen molar-refractivity contribution in [3.05, 3.63) is 34.6 Å². The maximum atomic E-state index is 13.7. The van der Waals surface area contributed by atoms with Gasteiger partial charge in [-0.05, 0) is 31.9 Å². The largest absolute Gasteiger partial charge is 0.214 e. The summed E-state index contributed by atoms with van der Waals surface area (Å²) in [6, 6.07) is 4.39. The standard InChI is InChI=1S/C12H15ClFNO2S/c1-2-18(16,17)15(9-6-7-9)8-10-11(13)4-3-5-12(10)14/h3-5,9H,2,6-8H2,1H3. The lowest BCUT2D eigenvalue weighted by Crippen LogP contribution is -2.34. The number of nitrogens with zero attached hydrogens (tertiary/aromatic N) is 1. The van der Waals surface area contributed by atoms with Crippen molar-refractivity contribution in [3.8, 4) is 0 Å². The molecule has 0 spiro atoms. The van der Waals surface area contributed by atoms with E-state index >= 15 is 0 Å². The summed E-state index contributed by atoms with van der Waals surface area (Å²) in [7, 11) is -3.32. The normalized spacial score (nSPS) is 16.2. The second-order valence-electron chi connectivity index (χ2n) is 4.38. The Morgan fingerprint density at radius 2 is 2.11 bits per heavy atom. The summed E-state index contributed by atoms with van der Waals surface area (Å²) in [6.07, 6.45) is 1.68. The van der Waals surface area contributed by atoms with Crippen LogP contribution in [0.5, 0.6) is 0 Å². The van der Waals surface area contributed by atoms with Crippen LogP contribution in [0.25, 0.3) is 0 Å². The third kappa shape index (κ3) is 2.84. The van der Waals surface area contributed by atoms with Gasteiger partial charge < -0.3 is 0 Å². The van der Waals surface area contributed by atoms with Crippen LogP contribution >= 0.6 is 11.6 Å². The molecule has 1 aliphatic rings. The lowest BCUT2D eigenvalue weighted by Gasteiger charge is -2.21. The van der Waals surface area contributed by atoms with E-state index in [1.807, 2.05) is 0 Å². The van der Waals surface area contributed by atoms with Crippen LogP contribution in [0.2, 0.25) is 5.02 Å². The van der Waals surface area contributed by atoms with Crippen LogP contribution in [-0.2, 0) is 16.6 Å². The summed E-state index contributed by atoms with van der Waals surface area (Å²) in [6.45, 7) is 1.61. The molecule has 1 fully saturated rings. The van der Waals surface area contributed by atoms with Crippen molar-refractivity contribution in [1.29, 1.82) is 0 Å². The van der Waals surface area contributed by atoms with E-state index in [2.05, 4.69) is 0 Å². The zero-order valence-electron chi connectivity index (χ0n) is 10.1. The predicted octanol–water partition coefficient (Wildman–Crippen LogP) is 2.79. The highest BCUT2D eigenvalue weighted by Crippen LogP contribution is 2.32. The lowest BCUT2D eigenvalue weighted by atomic mass is 10.2. The summed E-state index contributed by atoms with van der Waals surface area (Å²) in [5.74, 6) is -0.435. The van der Waals surface area contributed by atoms with Gasteiger partial charge in [-0.15, -0.1) is 0 Å². The first-order chi connectivity index (χ1) is 8.45. The highest BCUT2D eigenvalue weighted by molar-refractivity contribution is 7.89. The first kappa shape index (κ1) is 13.8. The molecule has 0 bridgehead atoms. The van der Waals surface area contributed by atoms with Crippen molar-refractivity contribution >= 4 is 21.6 Å². The van der Waals surface area contributed by atoms with Crippen LogP contribution in [0.3, 0.4) is 0 Å². The Balaban J connectivity index is 2.30. The Hall–Kier alpha value is -0.650. The first-order valence-electron chi connectivity index (χ1n) is 5.88. The first-order valence-corrected chi connectivity index (χ1v) is 7.87. The van der Waals surface area contributed by atoms with Crippen LogP contribution in [0, 0.1) is 5.82 Å². The van der Waals surface area contributed by atoms with E-state index in [1.165, 1.54) is 16.4 Å². The van der Waals surface area contributed by atoms with Gasteiger partial charge in [0.25, 0.3) is 0 Å². The number of benzene rings is 1. The molecule has 18 heavy (non-hydrogen) atoms. The number of sulfonamides is 1. The minimum Gasteiger partial charge on any atom is -0.212 e. The van der Waals surface area contributed by atoms with Crippen LogP contribution in [0.1, 0.15) is 25.3 Å². The Morgan fingerprint density at radius 3 is 2.61 bits per heavy atom. The van der Waals surface area contributed by atoms with Crippen molar-refractivity contribution in [3.63, 3.8) is 0 Å². The fraction of sp³-hybridized carbons (Fsp3) is 0.500. The molecule has 1 saturated carbocycles. The Bertz CT molecular complexity index is 523. The van der Waals surface area contributed by atoms with Gasteiger partial charge in [0, 0.05) is 23.2 Å². The predicted molar refractivity (Wildman–Crippen MR) is 69.4 cm³/mol. The van der Waals surface area contributed by atoms with E-state index < -0.39 is 15.8 Å². The van der Waals surface area contributed by atoms with Crippen molar-refractivity contribution in [1.82, 2.24) is 4.31 Å². The van der Waals surface area contributed by atoms with Crippen molar-refractivity contribution in [2.45, 2.75) is 32.4 Å². The van der Waals surface area contributed by atoms with E-state index in [1.54, 1.807) is 13.0 Å². The molecule has 0 heterocycles. The lowest BCUT2D eigenvalue weighted by molar-refractivity contribution is 0.392. The summed E-state index contributed by atoms with van der Waals surface area (Å²) >= 11 is 5.93. The van der Waals surface area contributed by atoms with Gasteiger partial charge in [0.1, 0.15) is 5.82 Å². The Kier molecular flexibility index (Phi) is 3.94. The summed E-state index contributed by atoms with van der Waals surface area (Å²) in [5.41, 5.74) is 0.253. The molecule has 2 rings (SSSR count). The number of rotatable bonds is 5. The molecule has 3 nitrogen and oxygen atoms in total. The van der Waals surface area contributed by atoms with Crippen molar-refractivity contribution < 1.29 is 12.8 Å². The average molecular weight is 292 g/mol. The van der Waals surface area contributed by atoms with E-state index in [0.29, 0.717) is 0 Å². The topological polar surface area (TPSA) is 37.4 Å². The van der Waals surface area contributed by atoms with Crippen LogP contribution in [-0.4, -0.2) is 24.5 Å². The zero-order valence-corrected chi connectivity index (χ0v) is 11.6. The SMILES string of the molecule is CCS(=O)(=O)N(Cc1c(F)cccc1Cl)C1CC1. The highest BCUT2D eigenvalue weighted by atomic mass is 35.5. The van der Waals surface area contributed by atoms with E-state index in [-0.39, 0.29) is 28.9 Å². The summed E-state index contributed by atoms with van der Waals surface area (Å²) in [4.78, 5) is 0. The van der Waals surface area contributed by atoms with Crippen LogP contribution in [0.4, 0.5) is 4.39 Å². The maximum Gasteiger partial charge on any atom is 0.214 e. The molecule has 1 aromatic rings. The molecule has 0 radical (unpaired) electrons. The third-order valence-corrected chi connectivity index (χ3v) is 5.28. The van der Waals surface area contributed by atoms with Gasteiger partial charge in [-0.3, -0.25) is 0 Å². The second-order valence-corrected chi connectivity index (χ2v) is 6.99. The van der Waals surface area contributed by atoms with E-state index in [9.17, 15) is 12.8 Å². The van der Waals surface area contributed by atoms with E-state index in [0.717, 1.165) is 12.8 Å². The van der Waals surface area contributed by atoms with Gasteiger partial charge in [-0.25, -0.2) is 12.8 Å². The van der Waals surface area contributed by atoms with Gasteiger partial charge >= 0.3 is 0 Å². The molecule has 0 saturated heterocycles. The average Bonchev–Trinajstić information content (AvgIpc) is 3.12. The van der Waals surface area contributed by atoms with Gasteiger partial charge in [-0.2, -0.15) is 4.31 Å². The number of hydrogen-bond acceptors (Lipinski definition) is 2. The second kappa shape index (κ2) is 5.15. The van der Waals surface area contributed by atoms with Crippen LogP contribution in [0.15, 0.2) is 18.2 Å². The van der Waals surface area contributed by atoms with Crippen molar-refractivity contribution in [2.75, 3.05) is 5.75 Å². The monoisotopic (exact) mass is 291 g/mol. The van der Waals surface area contributed by atoms with Gasteiger partial charge in [0.15, 0.2) is 0 Å². The van der Waals surface area contributed by atoms with E-state index in [4.69, 9.17) is 11.6 Å². The number of hydrogen-bond donors (Lipinski definition) is 0. The molecule has 1 aliphatic carbocycles. The third-order valence-electron chi connectivity index (χ3n) is 3.05. The molecule has 0 aliphatic heterocycles. The van der Waals surface area contributed by atoms with Crippen molar-refractivity contribution in [2.24, 2.45) is 0 Å². The minimum absolute atomic E-state index is 0.00521. The minimum atomic E-state index is -3.32. The zero-order chi connectivity index (χ0) is 13.3. The molecule has 100 valence electrons. The fourth-order valence-electron chi connectivity index (χ4n) is 1.82. The number of halogens is 2. The fourth-order valence-corrected chi connectivity index (χ4v) is 3.37. The summed E-state index contributed by atoms with van der Waals surface area (Å²) in [5, 5.41) is 0.270. The Labute approximate surface area is 112 Å². The highest BCUT2D eigenvalue weighted by Gasteiger charge is 2.36. The molecule has 0 amide bonds. The van der Waals surface area contributed by atoms with Crippen LogP contribution < -0.4 is 0 Å².